The van der Waals surface area contributed by atoms with Gasteiger partial charge in [-0.25, -0.2) is 9.13 Å². The maximum atomic E-state index is 13.1. The summed E-state index contributed by atoms with van der Waals surface area (Å²) in [5, 5.41) is 10.6. The van der Waals surface area contributed by atoms with E-state index < -0.39 is 97.5 Å². The zero-order valence-corrected chi connectivity index (χ0v) is 62.2. The van der Waals surface area contributed by atoms with Crippen LogP contribution in [0.25, 0.3) is 0 Å². The van der Waals surface area contributed by atoms with E-state index in [1.165, 1.54) is 205 Å². The van der Waals surface area contributed by atoms with E-state index >= 15 is 0 Å². The van der Waals surface area contributed by atoms with Crippen LogP contribution in [0.1, 0.15) is 388 Å². The van der Waals surface area contributed by atoms with Crippen molar-refractivity contribution >= 4 is 39.5 Å². The molecule has 2 unspecified atom stereocenters. The molecule has 0 amide bonds. The minimum absolute atomic E-state index is 0.107. The number of rotatable bonds is 74. The van der Waals surface area contributed by atoms with Gasteiger partial charge in [-0.2, -0.15) is 0 Å². The van der Waals surface area contributed by atoms with Crippen molar-refractivity contribution in [2.45, 2.75) is 406 Å². The number of unbranched alkanes of at least 4 members (excludes halogenated alkanes) is 46. The SMILES string of the molecule is CCCCCCCCCCCCCCCCCCCC(=O)O[C@H](COC(=O)CCCCCCCCCCCCCCCC(C)C)COP(=O)(O)OC[C@@H](O)COP(=O)(O)OC[C@@H](COC(=O)CCCCCCC)OC(=O)CCCCCCCCCCCCCCCCC. The number of phosphoric ester groups is 2. The van der Waals surface area contributed by atoms with E-state index in [0.29, 0.717) is 25.7 Å². The van der Waals surface area contributed by atoms with Crippen LogP contribution in [0.15, 0.2) is 0 Å². The van der Waals surface area contributed by atoms with Gasteiger partial charge in [-0.1, -0.05) is 336 Å². The van der Waals surface area contributed by atoms with Gasteiger partial charge in [0.25, 0.3) is 0 Å². The fraction of sp³-hybridized carbons (Fsp3) is 0.946. The molecule has 0 fully saturated rings. The number of ether oxygens (including phenoxy) is 4. The predicted molar refractivity (Wildman–Crippen MR) is 377 cm³/mol. The van der Waals surface area contributed by atoms with E-state index in [9.17, 15) is 43.2 Å². The highest BCUT2D eigenvalue weighted by Crippen LogP contribution is 2.45. The molecule has 0 heterocycles. The maximum Gasteiger partial charge on any atom is 0.472 e. The molecule has 0 aromatic heterocycles. The molecule has 19 heteroatoms. The molecule has 0 spiro atoms. The van der Waals surface area contributed by atoms with E-state index in [-0.39, 0.29) is 25.7 Å². The van der Waals surface area contributed by atoms with Gasteiger partial charge in [0.05, 0.1) is 26.4 Å². The second-order valence-corrected chi connectivity index (χ2v) is 30.1. The molecule has 0 bridgehead atoms. The van der Waals surface area contributed by atoms with Gasteiger partial charge in [-0.3, -0.25) is 37.3 Å². The number of hydrogen-bond donors (Lipinski definition) is 3. The van der Waals surface area contributed by atoms with E-state index in [4.69, 9.17) is 37.0 Å². The molecule has 0 aliphatic rings. The Labute approximate surface area is 568 Å². The molecular weight excluding hydrogens is 1220 g/mol. The van der Waals surface area contributed by atoms with Crippen LogP contribution in [0.3, 0.4) is 0 Å². The molecule has 93 heavy (non-hydrogen) atoms. The molecule has 17 nitrogen and oxygen atoms in total. The summed E-state index contributed by atoms with van der Waals surface area (Å²) in [6, 6.07) is 0. The smallest absolute Gasteiger partial charge is 0.462 e. The lowest BCUT2D eigenvalue weighted by molar-refractivity contribution is -0.161. The number of aliphatic hydroxyl groups is 1. The third-order valence-corrected chi connectivity index (χ3v) is 19.2. The van der Waals surface area contributed by atoms with Crippen LogP contribution in [-0.2, 0) is 65.4 Å². The van der Waals surface area contributed by atoms with Crippen LogP contribution >= 0.6 is 15.6 Å². The molecule has 5 atom stereocenters. The normalized spacial score (nSPS) is 14.0. The summed E-state index contributed by atoms with van der Waals surface area (Å²) in [7, 11) is -9.90. The standard InChI is InChI=1S/C74H144O17P2/c1-6-9-12-15-17-19-21-23-25-26-28-32-37-41-45-50-55-60-74(79)91-70(64-85-72(77)58-53-48-43-39-35-33-29-30-34-38-42-47-51-56-67(4)5)66-89-93(82,83)87-62-68(75)61-86-92(80,81)88-65-69(63-84-71(76)57-52-46-14-11-8-3)90-73(78)59-54-49-44-40-36-31-27-24-22-20-18-16-13-10-7-2/h67-70,75H,6-66H2,1-5H3,(H,80,81)(H,82,83)/t68-,69+,70+/m0/s1. The zero-order chi connectivity index (χ0) is 68.4. The Morgan fingerprint density at radius 3 is 0.731 bits per heavy atom. The predicted octanol–water partition coefficient (Wildman–Crippen LogP) is 21.7. The quantitative estimate of drug-likeness (QED) is 0.0222. The first-order valence-corrected chi connectivity index (χ1v) is 41.6. The van der Waals surface area contributed by atoms with Gasteiger partial charge in [0, 0.05) is 25.7 Å². The molecule has 0 aliphatic carbocycles. The summed E-state index contributed by atoms with van der Waals surface area (Å²) in [5.41, 5.74) is 0. The van der Waals surface area contributed by atoms with Crippen LogP contribution in [0.4, 0.5) is 0 Å². The maximum absolute atomic E-state index is 13.1. The van der Waals surface area contributed by atoms with Crippen molar-refractivity contribution in [1.29, 1.82) is 0 Å². The number of phosphoric acid groups is 2. The minimum Gasteiger partial charge on any atom is -0.462 e. The number of carbonyl (C=O) groups excluding carboxylic acids is 4. The molecule has 0 saturated heterocycles. The lowest BCUT2D eigenvalue weighted by Gasteiger charge is -2.21. The van der Waals surface area contributed by atoms with E-state index in [1.54, 1.807) is 0 Å². The summed E-state index contributed by atoms with van der Waals surface area (Å²) < 4.78 is 68.3. The second kappa shape index (κ2) is 67.3. The Balaban J connectivity index is 5.14. The monoisotopic (exact) mass is 1370 g/mol. The van der Waals surface area contributed by atoms with Gasteiger partial charge >= 0.3 is 39.5 Å². The van der Waals surface area contributed by atoms with Crippen molar-refractivity contribution in [3.63, 3.8) is 0 Å². The molecule has 552 valence electrons. The third kappa shape index (κ3) is 68.4. The van der Waals surface area contributed by atoms with Crippen molar-refractivity contribution in [3.8, 4) is 0 Å². The lowest BCUT2D eigenvalue weighted by atomic mass is 10.0. The fourth-order valence-electron chi connectivity index (χ4n) is 11.4. The van der Waals surface area contributed by atoms with E-state index in [0.717, 1.165) is 102 Å². The summed E-state index contributed by atoms with van der Waals surface area (Å²) in [6.07, 6.45) is 55.8. The highest BCUT2D eigenvalue weighted by Gasteiger charge is 2.30. The number of aliphatic hydroxyl groups excluding tert-OH is 1. The first kappa shape index (κ1) is 91.1. The van der Waals surface area contributed by atoms with E-state index in [1.807, 2.05) is 0 Å². The Morgan fingerprint density at radius 1 is 0.290 bits per heavy atom. The van der Waals surface area contributed by atoms with Gasteiger partial charge in [-0.05, 0) is 31.6 Å². The van der Waals surface area contributed by atoms with Gasteiger partial charge < -0.3 is 33.8 Å². The van der Waals surface area contributed by atoms with Crippen LogP contribution in [-0.4, -0.2) is 96.7 Å². The van der Waals surface area contributed by atoms with Gasteiger partial charge in [0.15, 0.2) is 12.2 Å². The second-order valence-electron chi connectivity index (χ2n) is 27.2. The molecule has 0 rings (SSSR count). The molecule has 0 aromatic carbocycles. The first-order chi connectivity index (χ1) is 45.0. The Morgan fingerprint density at radius 2 is 0.495 bits per heavy atom. The van der Waals surface area contributed by atoms with Crippen LogP contribution in [0.2, 0.25) is 0 Å². The van der Waals surface area contributed by atoms with Gasteiger partial charge in [0.2, 0.25) is 0 Å². The zero-order valence-electron chi connectivity index (χ0n) is 60.4. The number of carbonyl (C=O) groups is 4. The van der Waals surface area contributed by atoms with Crippen molar-refractivity contribution < 1.29 is 80.2 Å². The summed E-state index contributed by atoms with van der Waals surface area (Å²) in [6.45, 7) is 7.22. The molecule has 0 aromatic rings. The van der Waals surface area contributed by atoms with Gasteiger partial charge in [-0.15, -0.1) is 0 Å². The van der Waals surface area contributed by atoms with E-state index in [2.05, 4.69) is 34.6 Å². The van der Waals surface area contributed by atoms with Crippen LogP contribution in [0, 0.1) is 5.92 Å². The Hall–Kier alpha value is -1.94. The number of esters is 4. The van der Waals surface area contributed by atoms with Gasteiger partial charge in [0.1, 0.15) is 19.3 Å². The van der Waals surface area contributed by atoms with Crippen molar-refractivity contribution in [2.75, 3.05) is 39.6 Å². The van der Waals surface area contributed by atoms with Crippen molar-refractivity contribution in [3.05, 3.63) is 0 Å². The first-order valence-electron chi connectivity index (χ1n) is 38.6. The summed E-state index contributed by atoms with van der Waals surface area (Å²) >= 11 is 0. The van der Waals surface area contributed by atoms with Crippen LogP contribution in [0.5, 0.6) is 0 Å². The largest absolute Gasteiger partial charge is 0.472 e. The van der Waals surface area contributed by atoms with Crippen molar-refractivity contribution in [2.24, 2.45) is 5.92 Å². The highest BCUT2D eigenvalue weighted by atomic mass is 31.2. The van der Waals surface area contributed by atoms with Crippen LogP contribution < -0.4 is 0 Å². The Kier molecular flexibility index (Phi) is 65.9. The molecule has 0 radical (unpaired) electrons. The highest BCUT2D eigenvalue weighted by molar-refractivity contribution is 7.47. The topological polar surface area (TPSA) is 237 Å². The molecule has 3 N–H and O–H groups in total. The summed E-state index contributed by atoms with van der Waals surface area (Å²) in [5.74, 6) is -1.33. The minimum atomic E-state index is -4.95. The average molecular weight is 1370 g/mol. The summed E-state index contributed by atoms with van der Waals surface area (Å²) in [4.78, 5) is 72.5. The number of hydrogen-bond acceptors (Lipinski definition) is 15. The molecule has 0 saturated carbocycles. The Bertz CT molecular complexity index is 1790. The fourth-order valence-corrected chi connectivity index (χ4v) is 12.9. The average Bonchev–Trinajstić information content (AvgIpc) is 3.54. The van der Waals surface area contributed by atoms with Crippen molar-refractivity contribution in [1.82, 2.24) is 0 Å². The molecule has 0 aliphatic heterocycles. The third-order valence-electron chi connectivity index (χ3n) is 17.3. The lowest BCUT2D eigenvalue weighted by Crippen LogP contribution is -2.30. The molecular formula is C74H144O17P2.